The molecule has 1 aliphatic rings. The molecule has 4 heteroatoms. The maximum atomic E-state index is 5.45. The summed E-state index contributed by atoms with van der Waals surface area (Å²) in [5.74, 6) is 1.87. The minimum absolute atomic E-state index is 0.431. The largest absolute Gasteiger partial charge is 0.497 e. The molecule has 1 aromatic heterocycles. The number of ether oxygens (including phenoxy) is 2. The number of hydrogen-bond acceptors (Lipinski definition) is 4. The van der Waals surface area contributed by atoms with Crippen molar-refractivity contribution in [2.75, 3.05) is 14.2 Å². The molecule has 0 N–H and O–H groups in total. The van der Waals surface area contributed by atoms with Gasteiger partial charge in [-0.15, -0.1) is 0 Å². The molecule has 0 fully saturated rings. The quantitative estimate of drug-likeness (QED) is 0.857. The molecule has 0 unspecified atom stereocenters. The number of hydrogen-bond donors (Lipinski definition) is 0. The smallest absolute Gasteiger partial charge is 0.221 e. The normalized spacial score (nSPS) is 14.2. The summed E-state index contributed by atoms with van der Waals surface area (Å²) < 4.78 is 10.8. The van der Waals surface area contributed by atoms with E-state index >= 15 is 0 Å². The zero-order valence-corrected chi connectivity index (χ0v) is 13.4. The van der Waals surface area contributed by atoms with E-state index in [1.165, 1.54) is 0 Å². The Morgan fingerprint density at radius 3 is 2.55 bits per heavy atom. The highest BCUT2D eigenvalue weighted by Crippen LogP contribution is 2.30. The van der Waals surface area contributed by atoms with E-state index in [4.69, 9.17) is 14.5 Å². The van der Waals surface area contributed by atoms with Crippen LogP contribution in [0.4, 0.5) is 0 Å². The third-order valence-electron chi connectivity index (χ3n) is 3.85. The highest BCUT2D eigenvalue weighted by Gasteiger charge is 2.16. The van der Waals surface area contributed by atoms with E-state index in [1.807, 2.05) is 18.2 Å². The first-order valence-corrected chi connectivity index (χ1v) is 7.43. The van der Waals surface area contributed by atoms with Gasteiger partial charge < -0.3 is 9.47 Å². The van der Waals surface area contributed by atoms with Crippen LogP contribution in [0.15, 0.2) is 41.0 Å². The van der Waals surface area contributed by atoms with Crippen molar-refractivity contribution in [3.8, 4) is 11.6 Å². The molecule has 0 atom stereocenters. The first-order chi connectivity index (χ1) is 10.6. The predicted octanol–water partition coefficient (Wildman–Crippen LogP) is 3.98. The molecule has 2 aromatic rings. The second-order valence-corrected chi connectivity index (χ2v) is 5.65. The van der Waals surface area contributed by atoms with Gasteiger partial charge in [-0.05, 0) is 35.6 Å². The number of benzene rings is 1. The SMILES string of the molecule is COc1ccc2c(OC)nc(C3=NC(C(C)C)=CC3)cc2c1. The molecule has 0 aliphatic carbocycles. The van der Waals surface area contributed by atoms with Crippen molar-refractivity contribution < 1.29 is 9.47 Å². The number of aliphatic imine (C=N–C) groups is 1. The van der Waals surface area contributed by atoms with Crippen molar-refractivity contribution in [3.05, 3.63) is 41.7 Å². The summed E-state index contributed by atoms with van der Waals surface area (Å²) >= 11 is 0. The number of rotatable bonds is 4. The molecule has 0 bridgehead atoms. The zero-order valence-electron chi connectivity index (χ0n) is 13.4. The summed E-state index contributed by atoms with van der Waals surface area (Å²) in [5.41, 5.74) is 2.98. The highest BCUT2D eigenvalue weighted by atomic mass is 16.5. The van der Waals surface area contributed by atoms with Crippen LogP contribution in [-0.2, 0) is 0 Å². The Kier molecular flexibility index (Phi) is 3.84. The van der Waals surface area contributed by atoms with Crippen LogP contribution in [-0.4, -0.2) is 24.9 Å². The second kappa shape index (κ2) is 5.79. The minimum Gasteiger partial charge on any atom is -0.497 e. The monoisotopic (exact) mass is 296 g/mol. The fourth-order valence-electron chi connectivity index (χ4n) is 2.61. The summed E-state index contributed by atoms with van der Waals surface area (Å²) in [4.78, 5) is 9.33. The number of allylic oxidation sites excluding steroid dienone is 2. The molecule has 0 amide bonds. The van der Waals surface area contributed by atoms with Gasteiger partial charge in [-0.25, -0.2) is 4.98 Å². The molecule has 1 aromatic carbocycles. The van der Waals surface area contributed by atoms with Crippen molar-refractivity contribution in [1.29, 1.82) is 0 Å². The Bertz CT molecular complexity index is 776. The van der Waals surface area contributed by atoms with Gasteiger partial charge in [-0.2, -0.15) is 0 Å². The average molecular weight is 296 g/mol. The number of nitrogens with zero attached hydrogens (tertiary/aromatic N) is 2. The lowest BCUT2D eigenvalue weighted by Crippen LogP contribution is -2.03. The van der Waals surface area contributed by atoms with Crippen LogP contribution < -0.4 is 9.47 Å². The fourth-order valence-corrected chi connectivity index (χ4v) is 2.61. The number of aromatic nitrogens is 1. The van der Waals surface area contributed by atoms with E-state index in [2.05, 4.69) is 31.0 Å². The number of methoxy groups -OCH3 is 2. The molecule has 4 nitrogen and oxygen atoms in total. The molecule has 3 rings (SSSR count). The van der Waals surface area contributed by atoms with Crippen molar-refractivity contribution in [2.45, 2.75) is 20.3 Å². The van der Waals surface area contributed by atoms with Gasteiger partial charge in [0.2, 0.25) is 5.88 Å². The number of pyridine rings is 1. The third kappa shape index (κ3) is 2.56. The fraction of sp³-hybridized carbons (Fsp3) is 0.333. The number of fused-ring (bicyclic) bond motifs is 1. The lowest BCUT2D eigenvalue weighted by atomic mass is 10.1. The lowest BCUT2D eigenvalue weighted by molar-refractivity contribution is 0.402. The molecule has 22 heavy (non-hydrogen) atoms. The van der Waals surface area contributed by atoms with Gasteiger partial charge in [0.25, 0.3) is 0 Å². The van der Waals surface area contributed by atoms with Crippen LogP contribution in [0.1, 0.15) is 26.0 Å². The summed E-state index contributed by atoms with van der Waals surface area (Å²) in [6, 6.07) is 7.93. The molecule has 2 heterocycles. The van der Waals surface area contributed by atoms with Gasteiger partial charge in [-0.3, -0.25) is 4.99 Å². The van der Waals surface area contributed by atoms with Gasteiger partial charge in [0, 0.05) is 17.5 Å². The zero-order chi connectivity index (χ0) is 15.7. The van der Waals surface area contributed by atoms with Crippen molar-refractivity contribution in [1.82, 2.24) is 4.98 Å². The maximum absolute atomic E-state index is 5.45. The Balaban J connectivity index is 2.09. The molecule has 0 saturated carbocycles. The van der Waals surface area contributed by atoms with E-state index in [-0.39, 0.29) is 0 Å². The topological polar surface area (TPSA) is 43.7 Å². The van der Waals surface area contributed by atoms with Crippen LogP contribution >= 0.6 is 0 Å². The predicted molar refractivity (Wildman–Crippen MR) is 88.9 cm³/mol. The average Bonchev–Trinajstić information content (AvgIpc) is 3.03. The summed E-state index contributed by atoms with van der Waals surface area (Å²) in [7, 11) is 3.31. The van der Waals surface area contributed by atoms with Crippen LogP contribution in [0.5, 0.6) is 11.6 Å². The standard InChI is InChI=1S/C18H20N2O2/c1-11(2)15-7-8-16(19-15)17-10-12-9-13(21-3)5-6-14(12)18(20-17)22-4/h5-7,9-11H,8H2,1-4H3. The van der Waals surface area contributed by atoms with Gasteiger partial charge in [0.05, 0.1) is 25.6 Å². The lowest BCUT2D eigenvalue weighted by Gasteiger charge is -2.09. The molecule has 0 spiro atoms. The molecule has 114 valence electrons. The Labute approximate surface area is 130 Å². The van der Waals surface area contributed by atoms with E-state index in [0.717, 1.165) is 40.0 Å². The van der Waals surface area contributed by atoms with Crippen molar-refractivity contribution in [2.24, 2.45) is 10.9 Å². The van der Waals surface area contributed by atoms with Crippen molar-refractivity contribution >= 4 is 16.5 Å². The Morgan fingerprint density at radius 1 is 1.09 bits per heavy atom. The van der Waals surface area contributed by atoms with Crippen LogP contribution in [0.3, 0.4) is 0 Å². The van der Waals surface area contributed by atoms with Crippen LogP contribution in [0, 0.1) is 5.92 Å². The minimum atomic E-state index is 0.431. The molecular weight excluding hydrogens is 276 g/mol. The first kappa shape index (κ1) is 14.6. The third-order valence-corrected chi connectivity index (χ3v) is 3.85. The Morgan fingerprint density at radius 2 is 1.91 bits per heavy atom. The van der Waals surface area contributed by atoms with Gasteiger partial charge in [-0.1, -0.05) is 19.9 Å². The molecule has 0 radical (unpaired) electrons. The highest BCUT2D eigenvalue weighted by molar-refractivity contribution is 6.05. The molecule has 1 aliphatic heterocycles. The molecular formula is C18H20N2O2. The van der Waals surface area contributed by atoms with Crippen molar-refractivity contribution in [3.63, 3.8) is 0 Å². The second-order valence-electron chi connectivity index (χ2n) is 5.65. The van der Waals surface area contributed by atoms with E-state index in [9.17, 15) is 0 Å². The van der Waals surface area contributed by atoms with Gasteiger partial charge >= 0.3 is 0 Å². The van der Waals surface area contributed by atoms with E-state index in [0.29, 0.717) is 11.8 Å². The van der Waals surface area contributed by atoms with Crippen LogP contribution in [0.2, 0.25) is 0 Å². The summed E-state index contributed by atoms with van der Waals surface area (Å²) in [6.07, 6.45) is 2.99. The first-order valence-electron chi connectivity index (χ1n) is 7.43. The molecule has 0 saturated heterocycles. The summed E-state index contributed by atoms with van der Waals surface area (Å²) in [6.45, 7) is 4.30. The van der Waals surface area contributed by atoms with E-state index in [1.54, 1.807) is 14.2 Å². The maximum Gasteiger partial charge on any atom is 0.221 e. The summed E-state index contributed by atoms with van der Waals surface area (Å²) in [5, 5.41) is 2.02. The Hall–Kier alpha value is -2.36. The van der Waals surface area contributed by atoms with E-state index < -0.39 is 0 Å². The van der Waals surface area contributed by atoms with Gasteiger partial charge in [0.15, 0.2) is 0 Å². The van der Waals surface area contributed by atoms with Gasteiger partial charge in [0.1, 0.15) is 5.75 Å². The van der Waals surface area contributed by atoms with Crippen LogP contribution in [0.25, 0.3) is 10.8 Å².